The van der Waals surface area contributed by atoms with Crippen LogP contribution < -0.4 is 16.0 Å². The molecule has 1 aromatic rings. The topological polar surface area (TPSA) is 137 Å². The van der Waals surface area contributed by atoms with E-state index >= 15 is 0 Å². The van der Waals surface area contributed by atoms with Gasteiger partial charge in [0.15, 0.2) is 6.10 Å². The Hall–Kier alpha value is -3.14. The summed E-state index contributed by atoms with van der Waals surface area (Å²) < 4.78 is 5.38. The number of aliphatic hydroxyl groups excluding tert-OH is 1. The lowest BCUT2D eigenvalue weighted by molar-refractivity contribution is -0.147. The zero-order valence-corrected chi connectivity index (χ0v) is 25.9. The normalized spacial score (nSPS) is 20.0. The quantitative estimate of drug-likeness (QED) is 0.314. The smallest absolute Gasteiger partial charge is 0.407 e. The van der Waals surface area contributed by atoms with Crippen molar-refractivity contribution in [3.8, 4) is 0 Å². The molecule has 0 unspecified atom stereocenters. The van der Waals surface area contributed by atoms with Crippen LogP contribution in [0.3, 0.4) is 0 Å². The van der Waals surface area contributed by atoms with Crippen LogP contribution in [0.5, 0.6) is 0 Å². The molecular weight excluding hydrogens is 536 g/mol. The number of likely N-dealkylation sites (tertiary alicyclic amines) is 1. The number of aliphatic hydroxyl groups is 1. The molecule has 0 aromatic heterocycles. The van der Waals surface area contributed by atoms with Crippen molar-refractivity contribution in [2.45, 2.75) is 116 Å². The van der Waals surface area contributed by atoms with E-state index in [1.807, 2.05) is 44.2 Å². The standard InChI is InChI=1S/C32H50N4O6/c1-21(2)26(29(39)33-20-23-15-10-7-11-16-23)35-28(38)25-17-12-18-36(25)30(40)27(37)24(19-22-13-8-6-9-14-22)34-31(41)42-32(3,4)5/h6,8-9,13-14,21,23-27,37H,7,10-12,15-20H2,1-5H3,(H,33,39)(H,34,41)(H,35,38)/t24-,25-,26-,27-/m0/s1. The van der Waals surface area contributed by atoms with Crippen molar-refractivity contribution in [3.63, 3.8) is 0 Å². The number of nitrogens with one attached hydrogen (secondary N) is 3. The second kappa shape index (κ2) is 15.4. The summed E-state index contributed by atoms with van der Waals surface area (Å²) >= 11 is 0. The third kappa shape index (κ3) is 10.00. The zero-order chi connectivity index (χ0) is 30.9. The van der Waals surface area contributed by atoms with Crippen molar-refractivity contribution in [1.29, 1.82) is 0 Å². The lowest BCUT2D eigenvalue weighted by Gasteiger charge is -2.32. The van der Waals surface area contributed by atoms with Crippen LogP contribution in [0, 0.1) is 11.8 Å². The zero-order valence-electron chi connectivity index (χ0n) is 25.9. The molecule has 1 aromatic carbocycles. The molecule has 10 heteroatoms. The minimum atomic E-state index is -1.61. The molecule has 1 aliphatic heterocycles. The SMILES string of the molecule is CC(C)[C@H](NC(=O)[C@@H]1CCCN1C(=O)[C@@H](O)[C@H](Cc1ccccc1)NC(=O)OC(C)(C)C)C(=O)NCC1CCCCC1. The van der Waals surface area contributed by atoms with Crippen molar-refractivity contribution in [2.75, 3.05) is 13.1 Å². The molecule has 234 valence electrons. The Balaban J connectivity index is 1.67. The third-order valence-corrected chi connectivity index (χ3v) is 8.01. The van der Waals surface area contributed by atoms with Gasteiger partial charge in [-0.05, 0) is 70.3 Å². The van der Waals surface area contributed by atoms with Crippen LogP contribution in [0.25, 0.3) is 0 Å². The molecule has 10 nitrogen and oxygen atoms in total. The predicted molar refractivity (Wildman–Crippen MR) is 160 cm³/mol. The molecule has 1 saturated carbocycles. The van der Waals surface area contributed by atoms with E-state index in [1.54, 1.807) is 20.8 Å². The van der Waals surface area contributed by atoms with E-state index in [4.69, 9.17) is 4.74 Å². The highest BCUT2D eigenvalue weighted by Gasteiger charge is 2.41. The van der Waals surface area contributed by atoms with E-state index in [-0.39, 0.29) is 18.2 Å². The summed E-state index contributed by atoms with van der Waals surface area (Å²) in [6.07, 6.45) is 4.66. The molecule has 1 heterocycles. The van der Waals surface area contributed by atoms with Crippen LogP contribution in [0.1, 0.15) is 85.1 Å². The fourth-order valence-electron chi connectivity index (χ4n) is 5.74. The first-order valence-electron chi connectivity index (χ1n) is 15.5. The monoisotopic (exact) mass is 586 g/mol. The fourth-order valence-corrected chi connectivity index (χ4v) is 5.74. The Bertz CT molecular complexity index is 1050. The van der Waals surface area contributed by atoms with Gasteiger partial charge in [-0.1, -0.05) is 63.4 Å². The van der Waals surface area contributed by atoms with Crippen LogP contribution in [0.15, 0.2) is 30.3 Å². The molecule has 42 heavy (non-hydrogen) atoms. The van der Waals surface area contributed by atoms with E-state index in [1.165, 1.54) is 24.2 Å². The van der Waals surface area contributed by atoms with Crippen molar-refractivity contribution >= 4 is 23.8 Å². The van der Waals surface area contributed by atoms with Gasteiger partial charge in [-0.3, -0.25) is 14.4 Å². The van der Waals surface area contributed by atoms with Crippen LogP contribution in [-0.4, -0.2) is 76.7 Å². The summed E-state index contributed by atoms with van der Waals surface area (Å²) in [5, 5.41) is 19.8. The first-order chi connectivity index (χ1) is 19.9. The lowest BCUT2D eigenvalue weighted by Crippen LogP contribution is -2.58. The highest BCUT2D eigenvalue weighted by molar-refractivity contribution is 5.93. The number of amides is 4. The number of nitrogens with zero attached hydrogens (tertiary/aromatic N) is 1. The van der Waals surface area contributed by atoms with Gasteiger partial charge in [0.25, 0.3) is 5.91 Å². The molecule has 0 spiro atoms. The highest BCUT2D eigenvalue weighted by Crippen LogP contribution is 2.23. The predicted octanol–water partition coefficient (Wildman–Crippen LogP) is 3.31. The van der Waals surface area contributed by atoms with Gasteiger partial charge in [0.05, 0.1) is 6.04 Å². The van der Waals surface area contributed by atoms with Crippen LogP contribution in [-0.2, 0) is 25.5 Å². The summed E-state index contributed by atoms with van der Waals surface area (Å²) in [6, 6.07) is 6.69. The number of carbonyl (C=O) groups excluding carboxylic acids is 4. The Morgan fingerprint density at radius 1 is 0.976 bits per heavy atom. The largest absolute Gasteiger partial charge is 0.444 e. The number of ether oxygens (including phenoxy) is 1. The van der Waals surface area contributed by atoms with E-state index in [9.17, 15) is 24.3 Å². The molecule has 1 aliphatic carbocycles. The fraction of sp³-hybridized carbons (Fsp3) is 0.688. The molecule has 2 aliphatic rings. The first kappa shape index (κ1) is 33.4. The van der Waals surface area contributed by atoms with Crippen LogP contribution in [0.4, 0.5) is 4.79 Å². The van der Waals surface area contributed by atoms with Gasteiger partial charge in [-0.25, -0.2) is 4.79 Å². The number of alkyl carbamates (subject to hydrolysis) is 1. The number of hydrogen-bond acceptors (Lipinski definition) is 6. The second-order valence-corrected chi connectivity index (χ2v) is 13.1. The molecule has 0 radical (unpaired) electrons. The summed E-state index contributed by atoms with van der Waals surface area (Å²) in [5.41, 5.74) is 0.0598. The van der Waals surface area contributed by atoms with Crippen molar-refractivity contribution < 1.29 is 29.0 Å². The molecule has 4 N–H and O–H groups in total. The molecule has 0 bridgehead atoms. The van der Waals surface area contributed by atoms with E-state index in [0.717, 1.165) is 18.4 Å². The van der Waals surface area contributed by atoms with Gasteiger partial charge in [0.2, 0.25) is 11.8 Å². The third-order valence-electron chi connectivity index (χ3n) is 8.01. The number of carbonyl (C=O) groups is 4. The maximum absolute atomic E-state index is 13.6. The summed E-state index contributed by atoms with van der Waals surface area (Å²) in [5.74, 6) is -0.963. The minimum absolute atomic E-state index is 0.148. The van der Waals surface area contributed by atoms with Gasteiger partial charge in [0.1, 0.15) is 17.7 Å². The van der Waals surface area contributed by atoms with Crippen molar-refractivity contribution in [2.24, 2.45) is 11.8 Å². The summed E-state index contributed by atoms with van der Waals surface area (Å²) in [6.45, 7) is 9.84. The summed E-state index contributed by atoms with van der Waals surface area (Å²) in [7, 11) is 0. The van der Waals surface area contributed by atoms with Crippen molar-refractivity contribution in [1.82, 2.24) is 20.9 Å². The Morgan fingerprint density at radius 3 is 2.26 bits per heavy atom. The van der Waals surface area contributed by atoms with E-state index < -0.39 is 47.7 Å². The van der Waals surface area contributed by atoms with Gasteiger partial charge in [-0.2, -0.15) is 0 Å². The first-order valence-corrected chi connectivity index (χ1v) is 15.5. The number of benzene rings is 1. The molecule has 4 amide bonds. The molecular formula is C32H50N4O6. The Kier molecular flexibility index (Phi) is 12.2. The van der Waals surface area contributed by atoms with E-state index in [2.05, 4.69) is 16.0 Å². The average Bonchev–Trinajstić information content (AvgIpc) is 3.43. The highest BCUT2D eigenvalue weighted by atomic mass is 16.6. The minimum Gasteiger partial charge on any atom is -0.444 e. The summed E-state index contributed by atoms with van der Waals surface area (Å²) in [4.78, 5) is 54.1. The van der Waals surface area contributed by atoms with E-state index in [0.29, 0.717) is 31.8 Å². The van der Waals surface area contributed by atoms with Gasteiger partial charge >= 0.3 is 6.09 Å². The number of hydrogen-bond donors (Lipinski definition) is 4. The Morgan fingerprint density at radius 2 is 1.64 bits per heavy atom. The molecule has 3 rings (SSSR count). The molecule has 1 saturated heterocycles. The number of rotatable bonds is 11. The average molecular weight is 587 g/mol. The molecule has 2 fully saturated rings. The van der Waals surface area contributed by atoms with Gasteiger partial charge in [-0.15, -0.1) is 0 Å². The maximum atomic E-state index is 13.6. The van der Waals surface area contributed by atoms with Crippen molar-refractivity contribution in [3.05, 3.63) is 35.9 Å². The maximum Gasteiger partial charge on any atom is 0.407 e. The molecule has 4 atom stereocenters. The van der Waals surface area contributed by atoms with Gasteiger partial charge in [0, 0.05) is 13.1 Å². The van der Waals surface area contributed by atoms with Crippen LogP contribution >= 0.6 is 0 Å². The lowest BCUT2D eigenvalue weighted by atomic mass is 9.89. The van der Waals surface area contributed by atoms with Crippen LogP contribution in [0.2, 0.25) is 0 Å². The second-order valence-electron chi connectivity index (χ2n) is 13.1. The Labute approximate surface area is 250 Å². The van der Waals surface area contributed by atoms with Gasteiger partial charge < -0.3 is 30.7 Å².